The van der Waals surface area contributed by atoms with E-state index in [9.17, 15) is 19.8 Å². The first-order valence-electron chi connectivity index (χ1n) is 6.45. The average Bonchev–Trinajstić information content (AvgIpc) is 2.47. The molecule has 1 aliphatic rings. The molecule has 2 N–H and O–H groups in total. The molecule has 2 rings (SSSR count). The van der Waals surface area contributed by atoms with Gasteiger partial charge in [0.2, 0.25) is 0 Å². The lowest BCUT2D eigenvalue weighted by Gasteiger charge is -2.33. The van der Waals surface area contributed by atoms with Gasteiger partial charge >= 0.3 is 5.97 Å². The average molecular weight is 279 g/mol. The highest BCUT2D eigenvalue weighted by atomic mass is 16.5. The van der Waals surface area contributed by atoms with Crippen LogP contribution in [0.5, 0.6) is 11.5 Å². The second-order valence-corrected chi connectivity index (χ2v) is 4.73. The number of carbonyl (C=O) groups is 2. The monoisotopic (exact) mass is 279 g/mol. The molecular formula is C14H17NO5. The van der Waals surface area contributed by atoms with Crippen molar-refractivity contribution in [1.29, 1.82) is 0 Å². The smallest absolute Gasteiger partial charge is 0.326 e. The standard InChI is InChI=1S/C14H17NO5/c1-20-9-5-6-12(16)10(8-9)13(17)15-7-3-2-4-11(15)14(18)19/h5-6,8,11,16H,2-4,7H2,1H3,(H,18,19). The Labute approximate surface area is 116 Å². The number of carboxylic acids is 1. The van der Waals surface area contributed by atoms with Crippen molar-refractivity contribution < 1.29 is 24.5 Å². The van der Waals surface area contributed by atoms with Crippen molar-refractivity contribution in [2.24, 2.45) is 0 Å². The fourth-order valence-electron chi connectivity index (χ4n) is 2.40. The van der Waals surface area contributed by atoms with E-state index in [0.717, 1.165) is 12.8 Å². The second-order valence-electron chi connectivity index (χ2n) is 4.73. The molecule has 108 valence electrons. The molecule has 1 aliphatic heterocycles. The van der Waals surface area contributed by atoms with E-state index in [4.69, 9.17) is 4.74 Å². The summed E-state index contributed by atoms with van der Waals surface area (Å²) < 4.78 is 5.02. The van der Waals surface area contributed by atoms with E-state index in [1.807, 2.05) is 0 Å². The molecule has 0 radical (unpaired) electrons. The van der Waals surface area contributed by atoms with Crippen LogP contribution < -0.4 is 4.74 Å². The fraction of sp³-hybridized carbons (Fsp3) is 0.429. The van der Waals surface area contributed by atoms with Gasteiger partial charge in [0.15, 0.2) is 0 Å². The molecule has 0 saturated carbocycles. The lowest BCUT2D eigenvalue weighted by Crippen LogP contribution is -2.48. The highest BCUT2D eigenvalue weighted by Gasteiger charge is 2.33. The van der Waals surface area contributed by atoms with Gasteiger partial charge in [0.25, 0.3) is 5.91 Å². The molecule has 6 heteroatoms. The van der Waals surface area contributed by atoms with Gasteiger partial charge in [-0.05, 0) is 37.5 Å². The van der Waals surface area contributed by atoms with Crippen LogP contribution in [0.4, 0.5) is 0 Å². The molecule has 1 saturated heterocycles. The van der Waals surface area contributed by atoms with Crippen molar-refractivity contribution in [2.45, 2.75) is 25.3 Å². The lowest BCUT2D eigenvalue weighted by molar-refractivity contribution is -0.143. The number of piperidine rings is 1. The van der Waals surface area contributed by atoms with Crippen LogP contribution in [-0.4, -0.2) is 46.7 Å². The Bertz CT molecular complexity index is 528. The van der Waals surface area contributed by atoms with Crippen LogP contribution in [0.3, 0.4) is 0 Å². The first kappa shape index (κ1) is 14.2. The number of carboxylic acid groups (broad SMARTS) is 1. The maximum absolute atomic E-state index is 12.5. The van der Waals surface area contributed by atoms with Crippen molar-refractivity contribution >= 4 is 11.9 Å². The van der Waals surface area contributed by atoms with Gasteiger partial charge in [-0.3, -0.25) is 4.79 Å². The van der Waals surface area contributed by atoms with Crippen LogP contribution in [-0.2, 0) is 4.79 Å². The van der Waals surface area contributed by atoms with Crippen molar-refractivity contribution in [3.63, 3.8) is 0 Å². The van der Waals surface area contributed by atoms with E-state index >= 15 is 0 Å². The molecule has 1 atom stereocenters. The molecule has 0 spiro atoms. The number of nitrogens with zero attached hydrogens (tertiary/aromatic N) is 1. The highest BCUT2D eigenvalue weighted by molar-refractivity contribution is 5.99. The molecule has 1 heterocycles. The molecule has 0 aromatic heterocycles. The zero-order valence-electron chi connectivity index (χ0n) is 11.2. The normalized spacial score (nSPS) is 18.6. The molecule has 1 aromatic rings. The summed E-state index contributed by atoms with van der Waals surface area (Å²) in [6, 6.07) is 3.50. The molecular weight excluding hydrogens is 262 g/mol. The number of rotatable bonds is 3. The molecule has 0 aliphatic carbocycles. The highest BCUT2D eigenvalue weighted by Crippen LogP contribution is 2.27. The number of amides is 1. The van der Waals surface area contributed by atoms with Crippen molar-refractivity contribution in [1.82, 2.24) is 4.90 Å². The number of hydrogen-bond donors (Lipinski definition) is 2. The Morgan fingerprint density at radius 2 is 2.10 bits per heavy atom. The maximum Gasteiger partial charge on any atom is 0.326 e. The largest absolute Gasteiger partial charge is 0.507 e. The number of carbonyl (C=O) groups excluding carboxylic acids is 1. The number of ether oxygens (including phenoxy) is 1. The molecule has 6 nitrogen and oxygen atoms in total. The number of benzene rings is 1. The number of hydrogen-bond acceptors (Lipinski definition) is 4. The summed E-state index contributed by atoms with van der Waals surface area (Å²) in [6.45, 7) is 0.381. The Hall–Kier alpha value is -2.24. The van der Waals surface area contributed by atoms with E-state index in [0.29, 0.717) is 18.7 Å². The Morgan fingerprint density at radius 3 is 2.75 bits per heavy atom. The number of phenols is 1. The first-order valence-corrected chi connectivity index (χ1v) is 6.45. The Kier molecular flexibility index (Phi) is 4.12. The summed E-state index contributed by atoms with van der Waals surface area (Å²) in [4.78, 5) is 25.0. The van der Waals surface area contributed by atoms with Crippen molar-refractivity contribution in [2.75, 3.05) is 13.7 Å². The fourth-order valence-corrected chi connectivity index (χ4v) is 2.40. The van der Waals surface area contributed by atoms with Crippen LogP contribution in [0.1, 0.15) is 29.6 Å². The van der Waals surface area contributed by atoms with Gasteiger partial charge in [0.1, 0.15) is 17.5 Å². The lowest BCUT2D eigenvalue weighted by atomic mass is 10.0. The van der Waals surface area contributed by atoms with E-state index < -0.39 is 17.9 Å². The quantitative estimate of drug-likeness (QED) is 0.875. The van der Waals surface area contributed by atoms with Gasteiger partial charge < -0.3 is 19.8 Å². The number of phenolic OH excluding ortho intramolecular Hbond substituents is 1. The SMILES string of the molecule is COc1ccc(O)c(C(=O)N2CCCCC2C(=O)O)c1. The van der Waals surface area contributed by atoms with E-state index in [-0.39, 0.29) is 11.3 Å². The van der Waals surface area contributed by atoms with Gasteiger partial charge in [0.05, 0.1) is 12.7 Å². The third-order valence-electron chi connectivity index (χ3n) is 3.48. The Balaban J connectivity index is 2.31. The molecule has 1 fully saturated rings. The van der Waals surface area contributed by atoms with Gasteiger partial charge in [-0.25, -0.2) is 4.79 Å². The maximum atomic E-state index is 12.5. The van der Waals surface area contributed by atoms with Crippen molar-refractivity contribution in [3.8, 4) is 11.5 Å². The summed E-state index contributed by atoms with van der Waals surface area (Å²) in [6.07, 6.45) is 1.98. The minimum atomic E-state index is -1.01. The minimum Gasteiger partial charge on any atom is -0.507 e. The van der Waals surface area contributed by atoms with Crippen LogP contribution in [0.2, 0.25) is 0 Å². The van der Waals surface area contributed by atoms with Gasteiger partial charge in [-0.1, -0.05) is 0 Å². The predicted molar refractivity (Wildman–Crippen MR) is 71.0 cm³/mol. The molecule has 1 unspecified atom stereocenters. The zero-order chi connectivity index (χ0) is 14.7. The van der Waals surface area contributed by atoms with E-state index in [1.54, 1.807) is 0 Å². The van der Waals surface area contributed by atoms with E-state index in [2.05, 4.69) is 0 Å². The van der Waals surface area contributed by atoms with Crippen LogP contribution in [0.15, 0.2) is 18.2 Å². The predicted octanol–water partition coefficient (Wildman–Crippen LogP) is 1.48. The van der Waals surface area contributed by atoms with Crippen LogP contribution in [0.25, 0.3) is 0 Å². The Morgan fingerprint density at radius 1 is 1.35 bits per heavy atom. The van der Waals surface area contributed by atoms with Gasteiger partial charge in [0, 0.05) is 6.54 Å². The number of aromatic hydroxyl groups is 1. The summed E-state index contributed by atoms with van der Waals surface area (Å²) in [5, 5.41) is 19.0. The summed E-state index contributed by atoms with van der Waals surface area (Å²) in [7, 11) is 1.46. The number of methoxy groups -OCH3 is 1. The molecule has 0 bridgehead atoms. The first-order chi connectivity index (χ1) is 9.54. The van der Waals surface area contributed by atoms with Crippen molar-refractivity contribution in [3.05, 3.63) is 23.8 Å². The topological polar surface area (TPSA) is 87.1 Å². The summed E-state index contributed by atoms with van der Waals surface area (Å²) in [5.74, 6) is -1.23. The second kappa shape index (κ2) is 5.81. The molecule has 1 amide bonds. The molecule has 1 aromatic carbocycles. The minimum absolute atomic E-state index is 0.0671. The van der Waals surface area contributed by atoms with Crippen LogP contribution >= 0.6 is 0 Å². The van der Waals surface area contributed by atoms with Gasteiger partial charge in [-0.15, -0.1) is 0 Å². The number of aliphatic carboxylic acids is 1. The molecule has 20 heavy (non-hydrogen) atoms. The summed E-state index contributed by atoms with van der Waals surface area (Å²) in [5.41, 5.74) is 0.0671. The summed E-state index contributed by atoms with van der Waals surface area (Å²) >= 11 is 0. The number of likely N-dealkylation sites (tertiary alicyclic amines) is 1. The zero-order valence-corrected chi connectivity index (χ0v) is 11.2. The third kappa shape index (κ3) is 2.68. The van der Waals surface area contributed by atoms with Gasteiger partial charge in [-0.2, -0.15) is 0 Å². The van der Waals surface area contributed by atoms with Crippen LogP contribution in [0, 0.1) is 0 Å². The van der Waals surface area contributed by atoms with E-state index in [1.165, 1.54) is 30.2 Å². The third-order valence-corrected chi connectivity index (χ3v) is 3.48.